The van der Waals surface area contributed by atoms with Crippen LogP contribution in [0.3, 0.4) is 0 Å². The fraction of sp³-hybridized carbons (Fsp3) is 0.261. The van der Waals surface area contributed by atoms with Crippen molar-refractivity contribution in [3.8, 4) is 11.4 Å². The van der Waals surface area contributed by atoms with E-state index in [9.17, 15) is 4.79 Å². The Morgan fingerprint density at radius 2 is 2.12 bits per heavy atom. The number of fused-ring (bicyclic) bond motifs is 1. The SMILES string of the molecule is O=C(Cc1csc2ccc(Cl)cc12)N1CCOC(COc2ccc(-n3cncn3)cc2)C1. The molecule has 1 fully saturated rings. The standard InChI is InChI=1S/C23H21ClN4O3S/c24-17-1-6-22-21(10-17)16(13-32-22)9-23(29)27-7-8-30-20(11-27)12-31-19-4-2-18(3-5-19)28-15-25-14-26-28/h1-6,10,13-15,20H,7-9,11-12H2. The fourth-order valence-corrected chi connectivity index (χ4v) is 4.85. The van der Waals surface area contributed by atoms with Crippen molar-refractivity contribution in [1.29, 1.82) is 0 Å². The molecule has 4 aromatic rings. The van der Waals surface area contributed by atoms with Crippen LogP contribution in [0.4, 0.5) is 0 Å². The van der Waals surface area contributed by atoms with Crippen LogP contribution in [0.5, 0.6) is 5.75 Å². The van der Waals surface area contributed by atoms with Gasteiger partial charge in [-0.15, -0.1) is 11.3 Å². The molecule has 1 unspecified atom stereocenters. The molecular formula is C23H21ClN4O3S. The number of hydrogen-bond donors (Lipinski definition) is 0. The summed E-state index contributed by atoms with van der Waals surface area (Å²) >= 11 is 7.78. The molecule has 3 heterocycles. The molecule has 1 atom stereocenters. The van der Waals surface area contributed by atoms with E-state index in [2.05, 4.69) is 10.1 Å². The van der Waals surface area contributed by atoms with Gasteiger partial charge in [-0.2, -0.15) is 5.10 Å². The quantitative estimate of drug-likeness (QED) is 0.428. The highest BCUT2D eigenvalue weighted by Crippen LogP contribution is 2.29. The van der Waals surface area contributed by atoms with Crippen molar-refractivity contribution in [3.05, 3.63) is 71.1 Å². The molecule has 1 amide bonds. The lowest BCUT2D eigenvalue weighted by Crippen LogP contribution is -2.48. The lowest BCUT2D eigenvalue weighted by atomic mass is 10.1. The highest BCUT2D eigenvalue weighted by atomic mass is 35.5. The van der Waals surface area contributed by atoms with E-state index in [0.717, 1.165) is 27.1 Å². The van der Waals surface area contributed by atoms with E-state index in [1.807, 2.05) is 52.7 Å². The number of benzene rings is 2. The van der Waals surface area contributed by atoms with E-state index in [1.54, 1.807) is 22.3 Å². The van der Waals surface area contributed by atoms with E-state index in [-0.39, 0.29) is 12.0 Å². The molecule has 164 valence electrons. The van der Waals surface area contributed by atoms with E-state index >= 15 is 0 Å². The van der Waals surface area contributed by atoms with Crippen LogP contribution >= 0.6 is 22.9 Å². The Hall–Kier alpha value is -2.94. The minimum Gasteiger partial charge on any atom is -0.491 e. The maximum absolute atomic E-state index is 13.0. The molecule has 9 heteroatoms. The van der Waals surface area contributed by atoms with Crippen molar-refractivity contribution >= 4 is 38.9 Å². The third kappa shape index (κ3) is 4.62. The Kier molecular flexibility index (Phi) is 6.07. The highest BCUT2D eigenvalue weighted by Gasteiger charge is 2.25. The molecule has 2 aromatic heterocycles. The Bertz CT molecular complexity index is 1210. The number of aromatic nitrogens is 3. The van der Waals surface area contributed by atoms with Crippen LogP contribution in [0.2, 0.25) is 5.02 Å². The summed E-state index contributed by atoms with van der Waals surface area (Å²) in [4.78, 5) is 18.8. The second-order valence-electron chi connectivity index (χ2n) is 7.56. The van der Waals surface area contributed by atoms with Gasteiger partial charge < -0.3 is 14.4 Å². The number of morpholine rings is 1. The van der Waals surface area contributed by atoms with Gasteiger partial charge in [0.15, 0.2) is 0 Å². The number of halogens is 1. The number of rotatable bonds is 6. The Balaban J connectivity index is 1.17. The van der Waals surface area contributed by atoms with Crippen LogP contribution in [0, 0.1) is 0 Å². The lowest BCUT2D eigenvalue weighted by molar-refractivity contribution is -0.139. The fourth-order valence-electron chi connectivity index (χ4n) is 3.74. The van der Waals surface area contributed by atoms with Gasteiger partial charge in [0.2, 0.25) is 5.91 Å². The van der Waals surface area contributed by atoms with Crippen LogP contribution < -0.4 is 4.74 Å². The summed E-state index contributed by atoms with van der Waals surface area (Å²) in [6.07, 6.45) is 3.33. The van der Waals surface area contributed by atoms with E-state index in [4.69, 9.17) is 21.1 Å². The molecule has 0 N–H and O–H groups in total. The molecule has 1 aliphatic rings. The number of nitrogens with zero attached hydrogens (tertiary/aromatic N) is 4. The monoisotopic (exact) mass is 468 g/mol. The lowest BCUT2D eigenvalue weighted by Gasteiger charge is -2.33. The van der Waals surface area contributed by atoms with Gasteiger partial charge in [-0.1, -0.05) is 11.6 Å². The number of carbonyl (C=O) groups is 1. The smallest absolute Gasteiger partial charge is 0.227 e. The average molecular weight is 469 g/mol. The minimum atomic E-state index is -0.170. The summed E-state index contributed by atoms with van der Waals surface area (Å²) in [5.41, 5.74) is 1.92. The number of amides is 1. The number of ether oxygens (including phenoxy) is 2. The molecular weight excluding hydrogens is 448 g/mol. The molecule has 0 bridgehead atoms. The van der Waals surface area contributed by atoms with Gasteiger partial charge in [-0.3, -0.25) is 4.79 Å². The first kappa shape index (κ1) is 20.9. The normalized spacial score (nSPS) is 16.4. The molecule has 5 rings (SSSR count). The largest absolute Gasteiger partial charge is 0.491 e. The predicted octanol–water partition coefficient (Wildman–Crippen LogP) is 3.98. The van der Waals surface area contributed by atoms with Crippen molar-refractivity contribution < 1.29 is 14.3 Å². The second kappa shape index (κ2) is 9.28. The van der Waals surface area contributed by atoms with Gasteiger partial charge in [-0.05, 0) is 58.8 Å². The van der Waals surface area contributed by atoms with Crippen molar-refractivity contribution in [1.82, 2.24) is 19.7 Å². The first-order valence-electron chi connectivity index (χ1n) is 10.3. The molecule has 0 aliphatic carbocycles. The van der Waals surface area contributed by atoms with Crippen molar-refractivity contribution in [2.24, 2.45) is 0 Å². The number of thiophene rings is 1. The summed E-state index contributed by atoms with van der Waals surface area (Å²) in [6.45, 7) is 1.98. The van der Waals surface area contributed by atoms with Crippen molar-refractivity contribution in [3.63, 3.8) is 0 Å². The Morgan fingerprint density at radius 1 is 1.25 bits per heavy atom. The second-order valence-corrected chi connectivity index (χ2v) is 8.90. The summed E-state index contributed by atoms with van der Waals surface area (Å²) in [5.74, 6) is 0.831. The van der Waals surface area contributed by atoms with Crippen LogP contribution in [-0.2, 0) is 16.0 Å². The topological polar surface area (TPSA) is 69.5 Å². The molecule has 0 saturated carbocycles. The van der Waals surface area contributed by atoms with Crippen molar-refractivity contribution in [2.45, 2.75) is 12.5 Å². The predicted molar refractivity (Wildman–Crippen MR) is 124 cm³/mol. The maximum Gasteiger partial charge on any atom is 0.227 e. The summed E-state index contributed by atoms with van der Waals surface area (Å²) in [5, 5.41) is 7.89. The molecule has 1 saturated heterocycles. The van der Waals surface area contributed by atoms with E-state index < -0.39 is 0 Å². The maximum atomic E-state index is 13.0. The van der Waals surface area contributed by atoms with E-state index in [1.165, 1.54) is 6.33 Å². The molecule has 32 heavy (non-hydrogen) atoms. The Labute approximate surface area is 194 Å². The summed E-state index contributed by atoms with van der Waals surface area (Å²) in [6, 6.07) is 13.4. The molecule has 0 spiro atoms. The van der Waals surface area contributed by atoms with Crippen molar-refractivity contribution in [2.75, 3.05) is 26.3 Å². The third-order valence-electron chi connectivity index (χ3n) is 5.40. The van der Waals surface area contributed by atoms with E-state index in [0.29, 0.717) is 37.7 Å². The molecule has 1 aliphatic heterocycles. The third-order valence-corrected chi connectivity index (χ3v) is 6.65. The zero-order valence-electron chi connectivity index (χ0n) is 17.2. The molecule has 0 radical (unpaired) electrons. The van der Waals surface area contributed by atoms with Gasteiger partial charge >= 0.3 is 0 Å². The van der Waals surface area contributed by atoms with Gasteiger partial charge in [-0.25, -0.2) is 9.67 Å². The van der Waals surface area contributed by atoms with Crippen LogP contribution in [0.15, 0.2) is 60.5 Å². The molecule has 2 aromatic carbocycles. The zero-order valence-corrected chi connectivity index (χ0v) is 18.8. The van der Waals surface area contributed by atoms with Crippen LogP contribution in [0.25, 0.3) is 15.8 Å². The van der Waals surface area contributed by atoms with Gasteiger partial charge in [0.05, 0.1) is 25.3 Å². The first-order valence-corrected chi connectivity index (χ1v) is 11.5. The van der Waals surface area contributed by atoms with Gasteiger partial charge in [0.25, 0.3) is 0 Å². The summed E-state index contributed by atoms with van der Waals surface area (Å²) in [7, 11) is 0. The molecule has 7 nitrogen and oxygen atoms in total. The van der Waals surface area contributed by atoms with Gasteiger partial charge in [0.1, 0.15) is 31.1 Å². The van der Waals surface area contributed by atoms with Crippen LogP contribution in [-0.4, -0.2) is 58.0 Å². The zero-order chi connectivity index (χ0) is 21.9. The Morgan fingerprint density at radius 3 is 2.94 bits per heavy atom. The minimum absolute atomic E-state index is 0.0927. The van der Waals surface area contributed by atoms with Gasteiger partial charge in [0, 0.05) is 16.3 Å². The average Bonchev–Trinajstić information content (AvgIpc) is 3.49. The number of hydrogen-bond acceptors (Lipinski definition) is 6. The first-order chi connectivity index (χ1) is 15.7. The van der Waals surface area contributed by atoms with Crippen LogP contribution in [0.1, 0.15) is 5.56 Å². The number of carbonyl (C=O) groups excluding carboxylic acids is 1. The summed E-state index contributed by atoms with van der Waals surface area (Å²) < 4.78 is 14.6. The highest BCUT2D eigenvalue weighted by molar-refractivity contribution is 7.17.